The van der Waals surface area contributed by atoms with Gasteiger partial charge in [-0.2, -0.15) is 4.98 Å². The number of rotatable bonds is 2. The minimum absolute atomic E-state index is 0.185. The molecule has 0 saturated heterocycles. The Morgan fingerprint density at radius 3 is 3.14 bits per heavy atom. The van der Waals surface area contributed by atoms with E-state index in [-0.39, 0.29) is 5.91 Å². The molecule has 3 heterocycles. The first-order valence-corrected chi connectivity index (χ1v) is 7.76. The molecule has 5 nitrogen and oxygen atoms in total. The first-order chi connectivity index (χ1) is 10.7. The van der Waals surface area contributed by atoms with Gasteiger partial charge in [0.2, 0.25) is 5.88 Å². The third-order valence-corrected chi connectivity index (χ3v) is 4.59. The summed E-state index contributed by atoms with van der Waals surface area (Å²) in [7, 11) is 1.56. The van der Waals surface area contributed by atoms with Crippen molar-refractivity contribution in [2.75, 3.05) is 12.4 Å². The maximum atomic E-state index is 12.3. The van der Waals surface area contributed by atoms with Gasteiger partial charge in [0.25, 0.3) is 5.91 Å². The molecule has 2 aromatic heterocycles. The molecule has 110 valence electrons. The van der Waals surface area contributed by atoms with Crippen LogP contribution in [0.4, 0.5) is 5.69 Å². The zero-order valence-electron chi connectivity index (χ0n) is 11.5. The average molecular weight is 332 g/mol. The third-order valence-electron chi connectivity index (χ3n) is 3.52. The minimum Gasteiger partial charge on any atom is -0.479 e. The molecule has 1 aliphatic heterocycles. The van der Waals surface area contributed by atoms with Crippen LogP contribution in [0.1, 0.15) is 11.3 Å². The predicted octanol–water partition coefficient (Wildman–Crippen LogP) is 3.55. The van der Waals surface area contributed by atoms with Crippen LogP contribution in [0.3, 0.4) is 0 Å². The molecule has 0 radical (unpaired) electrons. The molecule has 0 saturated carbocycles. The quantitative estimate of drug-likeness (QED) is 0.731. The van der Waals surface area contributed by atoms with Crippen molar-refractivity contribution in [2.45, 2.75) is 0 Å². The van der Waals surface area contributed by atoms with Gasteiger partial charge < -0.3 is 10.1 Å². The number of ether oxygens (including phenoxy) is 1. The van der Waals surface area contributed by atoms with Crippen LogP contribution < -0.4 is 10.1 Å². The van der Waals surface area contributed by atoms with Gasteiger partial charge in [-0.05, 0) is 18.2 Å². The van der Waals surface area contributed by atoms with E-state index in [1.165, 1.54) is 11.3 Å². The number of benzene rings is 1. The van der Waals surface area contributed by atoms with E-state index >= 15 is 0 Å². The zero-order valence-corrected chi connectivity index (χ0v) is 13.0. The molecule has 1 amide bonds. The molecule has 4 rings (SSSR count). The number of carbonyl (C=O) groups excluding carboxylic acids is 1. The Hall–Kier alpha value is -2.31. The first kappa shape index (κ1) is 13.4. The van der Waals surface area contributed by atoms with Gasteiger partial charge in [-0.25, -0.2) is 0 Å². The van der Waals surface area contributed by atoms with Crippen molar-refractivity contribution in [3.63, 3.8) is 0 Å². The zero-order chi connectivity index (χ0) is 15.3. The lowest BCUT2D eigenvalue weighted by atomic mass is 10.1. The van der Waals surface area contributed by atoms with Crippen molar-refractivity contribution < 1.29 is 9.53 Å². The first-order valence-electron chi connectivity index (χ1n) is 6.50. The van der Waals surface area contributed by atoms with Gasteiger partial charge in [-0.15, -0.1) is 11.3 Å². The van der Waals surface area contributed by atoms with Crippen LogP contribution in [-0.2, 0) is 4.79 Å². The summed E-state index contributed by atoms with van der Waals surface area (Å²) in [4.78, 5) is 17.5. The maximum Gasteiger partial charge on any atom is 0.256 e. The van der Waals surface area contributed by atoms with Gasteiger partial charge >= 0.3 is 0 Å². The molecule has 0 bridgehead atoms. The SMILES string of the molecule is COc1nc2sccn2c1/C=C1/C(=O)Nc2cccc(Cl)c21. The molecule has 1 N–H and O–H groups in total. The summed E-state index contributed by atoms with van der Waals surface area (Å²) in [6.07, 6.45) is 3.65. The Bertz CT molecular complexity index is 942. The van der Waals surface area contributed by atoms with E-state index in [9.17, 15) is 4.79 Å². The summed E-state index contributed by atoms with van der Waals surface area (Å²) in [5.41, 5.74) is 2.65. The predicted molar refractivity (Wildman–Crippen MR) is 87.6 cm³/mol. The van der Waals surface area contributed by atoms with E-state index in [2.05, 4.69) is 10.3 Å². The lowest BCUT2D eigenvalue weighted by molar-refractivity contribution is -0.110. The van der Waals surface area contributed by atoms with Gasteiger partial charge in [-0.3, -0.25) is 9.20 Å². The summed E-state index contributed by atoms with van der Waals surface area (Å²) >= 11 is 7.76. The van der Waals surface area contributed by atoms with E-state index in [4.69, 9.17) is 16.3 Å². The molecular formula is C15H10ClN3O2S. The van der Waals surface area contributed by atoms with Crippen molar-refractivity contribution in [1.29, 1.82) is 0 Å². The number of hydrogen-bond donors (Lipinski definition) is 1. The van der Waals surface area contributed by atoms with Crippen LogP contribution in [0.25, 0.3) is 16.6 Å². The average Bonchev–Trinajstić information content (AvgIpc) is 3.15. The number of nitrogens with zero attached hydrogens (tertiary/aromatic N) is 2. The minimum atomic E-state index is -0.185. The standard InChI is InChI=1S/C15H10ClN3O2S/c1-21-14-11(19-5-6-22-15(19)18-14)7-8-12-9(16)3-2-4-10(12)17-13(8)20/h2-7H,1H3,(H,17,20)/b8-7+. The molecule has 0 fully saturated rings. The summed E-state index contributed by atoms with van der Waals surface area (Å²) in [5.74, 6) is 0.294. The molecule has 3 aromatic rings. The van der Waals surface area contributed by atoms with Crippen molar-refractivity contribution >= 4 is 51.1 Å². The lowest BCUT2D eigenvalue weighted by Gasteiger charge is -2.02. The second-order valence-electron chi connectivity index (χ2n) is 4.74. The number of amides is 1. The fourth-order valence-corrected chi connectivity index (χ4v) is 3.53. The molecule has 0 atom stereocenters. The van der Waals surface area contributed by atoms with Crippen LogP contribution in [0.15, 0.2) is 29.8 Å². The van der Waals surface area contributed by atoms with Crippen molar-refractivity contribution in [3.05, 3.63) is 46.1 Å². The number of hydrogen-bond acceptors (Lipinski definition) is 4. The Balaban J connectivity index is 1.96. The van der Waals surface area contributed by atoms with E-state index < -0.39 is 0 Å². The van der Waals surface area contributed by atoms with Crippen LogP contribution in [0, 0.1) is 0 Å². The smallest absolute Gasteiger partial charge is 0.256 e. The molecule has 0 spiro atoms. The van der Waals surface area contributed by atoms with E-state index in [1.807, 2.05) is 22.0 Å². The highest BCUT2D eigenvalue weighted by Gasteiger charge is 2.27. The van der Waals surface area contributed by atoms with Crippen LogP contribution in [0.2, 0.25) is 5.02 Å². The number of carbonyl (C=O) groups is 1. The van der Waals surface area contributed by atoms with E-state index in [0.29, 0.717) is 27.7 Å². The highest BCUT2D eigenvalue weighted by atomic mass is 35.5. The number of fused-ring (bicyclic) bond motifs is 2. The van der Waals surface area contributed by atoms with E-state index in [0.717, 1.165) is 10.7 Å². The summed E-state index contributed by atoms with van der Waals surface area (Å²) in [6, 6.07) is 5.40. The molecule has 7 heteroatoms. The Labute approximate surface area is 134 Å². The highest BCUT2D eigenvalue weighted by molar-refractivity contribution is 7.15. The van der Waals surface area contributed by atoms with Crippen LogP contribution in [0.5, 0.6) is 5.88 Å². The fourth-order valence-electron chi connectivity index (χ4n) is 2.54. The molecule has 22 heavy (non-hydrogen) atoms. The number of methoxy groups -OCH3 is 1. The molecular weight excluding hydrogens is 322 g/mol. The number of thiazole rings is 1. The monoisotopic (exact) mass is 331 g/mol. The number of aromatic nitrogens is 2. The number of anilines is 1. The molecule has 1 aliphatic rings. The van der Waals surface area contributed by atoms with Gasteiger partial charge in [0.1, 0.15) is 5.69 Å². The fraction of sp³-hybridized carbons (Fsp3) is 0.0667. The number of imidazole rings is 1. The molecule has 0 unspecified atom stereocenters. The van der Waals surface area contributed by atoms with Gasteiger partial charge in [-0.1, -0.05) is 17.7 Å². The number of nitrogens with one attached hydrogen (secondary N) is 1. The van der Waals surface area contributed by atoms with Crippen molar-refractivity contribution in [1.82, 2.24) is 9.38 Å². The largest absolute Gasteiger partial charge is 0.479 e. The van der Waals surface area contributed by atoms with Gasteiger partial charge in [0.15, 0.2) is 4.96 Å². The molecule has 0 aliphatic carbocycles. The van der Waals surface area contributed by atoms with E-state index in [1.54, 1.807) is 25.3 Å². The Morgan fingerprint density at radius 2 is 2.32 bits per heavy atom. The molecule has 1 aromatic carbocycles. The Morgan fingerprint density at radius 1 is 1.45 bits per heavy atom. The normalized spacial score (nSPS) is 15.4. The Kier molecular flexibility index (Phi) is 2.95. The summed E-state index contributed by atoms with van der Waals surface area (Å²) in [6.45, 7) is 0. The maximum absolute atomic E-state index is 12.3. The van der Waals surface area contributed by atoms with Crippen molar-refractivity contribution in [2.24, 2.45) is 0 Å². The topological polar surface area (TPSA) is 55.6 Å². The van der Waals surface area contributed by atoms with Gasteiger partial charge in [0.05, 0.1) is 23.4 Å². The second-order valence-corrected chi connectivity index (χ2v) is 6.02. The lowest BCUT2D eigenvalue weighted by Crippen LogP contribution is -2.04. The number of halogens is 1. The van der Waals surface area contributed by atoms with Gasteiger partial charge in [0, 0.05) is 17.1 Å². The third kappa shape index (κ3) is 1.84. The second kappa shape index (κ2) is 4.86. The summed E-state index contributed by atoms with van der Waals surface area (Å²) in [5, 5.41) is 5.28. The highest BCUT2D eigenvalue weighted by Crippen LogP contribution is 2.39. The van der Waals surface area contributed by atoms with Crippen LogP contribution in [-0.4, -0.2) is 22.4 Å². The summed E-state index contributed by atoms with van der Waals surface area (Å²) < 4.78 is 7.21. The van der Waals surface area contributed by atoms with Crippen LogP contribution >= 0.6 is 22.9 Å². The van der Waals surface area contributed by atoms with Crippen molar-refractivity contribution in [3.8, 4) is 5.88 Å².